The van der Waals surface area contributed by atoms with Crippen LogP contribution in [0.5, 0.6) is 0 Å². The average molecular weight is 1530 g/mol. The van der Waals surface area contributed by atoms with Crippen LogP contribution in [-0.2, 0) is 0 Å². The Bertz CT molecular complexity index is 8590. The van der Waals surface area contributed by atoms with Crippen LogP contribution in [0.2, 0.25) is 0 Å². The summed E-state index contributed by atoms with van der Waals surface area (Å²) >= 11 is 0. The van der Waals surface area contributed by atoms with Gasteiger partial charge in [-0.2, -0.15) is 0 Å². The fraction of sp³-hybridized carbons (Fsp3) is 0. The first kappa shape index (κ1) is 67.1. The molecule has 0 saturated carbocycles. The number of nitrogens with zero attached hydrogens (tertiary/aromatic N) is 6. The fourth-order valence-corrected chi connectivity index (χ4v) is 18.7. The SMILES string of the molecule is c1cc(-c2nc(-c3ccc4oc5ccccc5c4c3)nc(-c3ccc4oc5ccccc5c4c3)n2)cc(-c2cc3c4ccccc4c4ccccc4c3c3ccccc23)c1.c1ccc(-c2cc3c4ccccc4c4ccccc4c3c3ccccc23)c(-c2nc(-c3ccc4oc5ccccc5c4c3)nc(-c3ccc4oc5ccccc5c4c3)n2)c1. The van der Waals surface area contributed by atoms with Crippen molar-refractivity contribution in [2.45, 2.75) is 0 Å². The van der Waals surface area contributed by atoms with Gasteiger partial charge < -0.3 is 17.7 Å². The molecule has 556 valence electrons. The third-order valence-corrected chi connectivity index (χ3v) is 24.2. The molecule has 0 fully saturated rings. The number of hydrogen-bond acceptors (Lipinski definition) is 10. The molecule has 120 heavy (non-hydrogen) atoms. The lowest BCUT2D eigenvalue weighted by molar-refractivity contribution is 0.668. The van der Waals surface area contributed by atoms with E-state index >= 15 is 0 Å². The molecule has 0 atom stereocenters. The third-order valence-electron chi connectivity index (χ3n) is 24.2. The van der Waals surface area contributed by atoms with E-state index in [4.69, 9.17) is 47.6 Å². The molecular weight excluding hydrogens is 1470 g/mol. The summed E-state index contributed by atoms with van der Waals surface area (Å²) in [6, 6.07) is 132. The lowest BCUT2D eigenvalue weighted by Crippen LogP contribution is -2.01. The van der Waals surface area contributed by atoms with Gasteiger partial charge >= 0.3 is 0 Å². The van der Waals surface area contributed by atoms with Gasteiger partial charge in [-0.05, 0) is 224 Å². The van der Waals surface area contributed by atoms with Crippen LogP contribution < -0.4 is 0 Å². The van der Waals surface area contributed by atoms with Crippen LogP contribution in [0, 0.1) is 0 Å². The van der Waals surface area contributed by atoms with Crippen molar-refractivity contribution in [2.75, 3.05) is 0 Å². The molecule has 20 aromatic carbocycles. The zero-order chi connectivity index (χ0) is 78.6. The Hall–Kier alpha value is -16.3. The van der Waals surface area contributed by atoms with Crippen LogP contribution in [-0.4, -0.2) is 29.9 Å². The highest BCUT2D eigenvalue weighted by atomic mass is 16.3. The van der Waals surface area contributed by atoms with Gasteiger partial charge in [0.25, 0.3) is 0 Å². The molecule has 0 bridgehead atoms. The predicted molar refractivity (Wildman–Crippen MR) is 492 cm³/mol. The zero-order valence-corrected chi connectivity index (χ0v) is 64.1. The largest absolute Gasteiger partial charge is 0.456 e. The van der Waals surface area contributed by atoms with Gasteiger partial charge in [-0.3, -0.25) is 0 Å². The molecule has 0 aliphatic carbocycles. The summed E-state index contributed by atoms with van der Waals surface area (Å²) in [4.78, 5) is 31.5. The second kappa shape index (κ2) is 26.6. The minimum atomic E-state index is 0.579. The van der Waals surface area contributed by atoms with E-state index in [1.54, 1.807) is 0 Å². The van der Waals surface area contributed by atoms with E-state index in [0.29, 0.717) is 34.9 Å². The summed E-state index contributed by atoms with van der Waals surface area (Å²) < 4.78 is 24.8. The zero-order valence-electron chi connectivity index (χ0n) is 64.1. The first-order chi connectivity index (χ1) is 59.4. The Morgan fingerprint density at radius 2 is 0.367 bits per heavy atom. The van der Waals surface area contributed by atoms with E-state index in [1.165, 1.54) is 86.2 Å². The minimum absolute atomic E-state index is 0.579. The van der Waals surface area contributed by atoms with Crippen molar-refractivity contribution in [2.24, 2.45) is 0 Å². The molecule has 26 aromatic rings. The molecule has 10 heteroatoms. The Labute approximate surface area is 683 Å². The summed E-state index contributed by atoms with van der Waals surface area (Å²) in [5, 5.41) is 28.0. The van der Waals surface area contributed by atoms with Crippen LogP contribution in [0.4, 0.5) is 0 Å². The molecule has 10 nitrogen and oxygen atoms in total. The molecular formula is C110H62N6O4. The van der Waals surface area contributed by atoms with E-state index in [0.717, 1.165) is 143 Å². The highest BCUT2D eigenvalue weighted by molar-refractivity contribution is 6.35. The van der Waals surface area contributed by atoms with Crippen LogP contribution in [0.3, 0.4) is 0 Å². The summed E-state index contributed by atoms with van der Waals surface area (Å²) in [6.45, 7) is 0. The fourth-order valence-electron chi connectivity index (χ4n) is 18.7. The standard InChI is InChI=1S/2C55H31N3O2/c1-2-15-36-34(13-1)35-14-3-6-20-41(35)52-42-21-7-4-16-37(42)44(31-47(36)52)38-17-5-8-22-43(38)55-57-53(32-25-27-50-45(29-32)39-18-9-11-23-48(39)59-50)56-54(58-55)33-26-28-51-46(30-33)40-19-10-12-24-49(40)60-51;1-2-16-38-36(14-1)37-15-3-5-20-42(37)52-43-21-6-4-17-39(43)44(31-47(38)52)32-12-11-13-33(28-32)53-56-54(34-24-26-50-45(29-34)40-18-7-9-22-48(40)59-50)58-55(57-53)35-25-27-51-46(30-35)41-19-8-10-23-49(41)60-51/h2*1-31H. The van der Waals surface area contributed by atoms with Crippen molar-refractivity contribution in [1.82, 2.24) is 29.9 Å². The summed E-state index contributed by atoms with van der Waals surface area (Å²) in [5.41, 5.74) is 16.4. The number of benzene rings is 20. The van der Waals surface area contributed by atoms with Gasteiger partial charge in [-0.15, -0.1) is 0 Å². The number of furan rings is 4. The van der Waals surface area contributed by atoms with E-state index in [1.807, 2.05) is 121 Å². The minimum Gasteiger partial charge on any atom is -0.456 e. The van der Waals surface area contributed by atoms with Gasteiger partial charge in [0, 0.05) is 76.5 Å². The van der Waals surface area contributed by atoms with Crippen molar-refractivity contribution >= 4 is 174 Å². The Morgan fingerprint density at radius 3 is 0.733 bits per heavy atom. The van der Waals surface area contributed by atoms with Crippen molar-refractivity contribution in [3.63, 3.8) is 0 Å². The van der Waals surface area contributed by atoms with Gasteiger partial charge in [0.2, 0.25) is 0 Å². The van der Waals surface area contributed by atoms with Crippen molar-refractivity contribution in [1.29, 1.82) is 0 Å². The number of fused-ring (bicyclic) bond motifs is 28. The first-order valence-corrected chi connectivity index (χ1v) is 40.3. The highest BCUT2D eigenvalue weighted by Crippen LogP contribution is 2.48. The number of para-hydroxylation sites is 4. The number of rotatable bonds is 8. The lowest BCUT2D eigenvalue weighted by atomic mass is 9.86. The van der Waals surface area contributed by atoms with Gasteiger partial charge in [-0.1, -0.05) is 261 Å². The maximum absolute atomic E-state index is 6.22. The normalized spacial score (nSPS) is 12.0. The van der Waals surface area contributed by atoms with Crippen molar-refractivity contribution < 1.29 is 17.7 Å². The maximum Gasteiger partial charge on any atom is 0.164 e. The van der Waals surface area contributed by atoms with E-state index in [-0.39, 0.29) is 0 Å². The molecule has 0 unspecified atom stereocenters. The smallest absolute Gasteiger partial charge is 0.164 e. The molecule has 6 aromatic heterocycles. The molecule has 0 saturated heterocycles. The third kappa shape index (κ3) is 10.7. The molecule has 0 aliphatic rings. The summed E-state index contributed by atoms with van der Waals surface area (Å²) in [5.74, 6) is 3.50. The van der Waals surface area contributed by atoms with Crippen LogP contribution in [0.25, 0.3) is 265 Å². The van der Waals surface area contributed by atoms with Crippen LogP contribution in [0.15, 0.2) is 394 Å². The first-order valence-electron chi connectivity index (χ1n) is 40.3. The van der Waals surface area contributed by atoms with Crippen LogP contribution in [0.1, 0.15) is 0 Å². The molecule has 6 heterocycles. The van der Waals surface area contributed by atoms with Gasteiger partial charge in [0.05, 0.1) is 0 Å². The quantitative estimate of drug-likeness (QED) is 0.136. The lowest BCUT2D eigenvalue weighted by Gasteiger charge is -2.18. The van der Waals surface area contributed by atoms with Crippen LogP contribution >= 0.6 is 0 Å². The summed E-state index contributed by atoms with van der Waals surface area (Å²) in [7, 11) is 0. The molecule has 0 spiro atoms. The Kier molecular flexibility index (Phi) is 14.9. The Balaban J connectivity index is 0.000000133. The Morgan fingerprint density at radius 1 is 0.125 bits per heavy atom. The monoisotopic (exact) mass is 1530 g/mol. The highest BCUT2D eigenvalue weighted by Gasteiger charge is 2.25. The molecule has 0 aliphatic heterocycles. The van der Waals surface area contributed by atoms with E-state index < -0.39 is 0 Å². The number of aromatic nitrogens is 6. The van der Waals surface area contributed by atoms with Crippen molar-refractivity contribution in [3.05, 3.63) is 376 Å². The predicted octanol–water partition coefficient (Wildman–Crippen LogP) is 29.9. The van der Waals surface area contributed by atoms with E-state index in [9.17, 15) is 0 Å². The second-order valence-corrected chi connectivity index (χ2v) is 30.9. The van der Waals surface area contributed by atoms with Gasteiger partial charge in [0.1, 0.15) is 44.7 Å². The van der Waals surface area contributed by atoms with Gasteiger partial charge in [-0.25, -0.2) is 29.9 Å². The maximum atomic E-state index is 6.22. The van der Waals surface area contributed by atoms with E-state index in [2.05, 4.69) is 255 Å². The molecule has 0 amide bonds. The number of hydrogen-bond donors (Lipinski definition) is 0. The molecule has 0 radical (unpaired) electrons. The summed E-state index contributed by atoms with van der Waals surface area (Å²) in [6.07, 6.45) is 0. The second-order valence-electron chi connectivity index (χ2n) is 30.9. The van der Waals surface area contributed by atoms with Gasteiger partial charge in [0.15, 0.2) is 34.9 Å². The van der Waals surface area contributed by atoms with Crippen molar-refractivity contribution in [3.8, 4) is 90.6 Å². The molecule has 0 N–H and O–H groups in total. The topological polar surface area (TPSA) is 130 Å². The average Bonchev–Trinajstić information content (AvgIpc) is 0.952. The molecule has 26 rings (SSSR count).